The van der Waals surface area contributed by atoms with Gasteiger partial charge in [0.1, 0.15) is 0 Å². The van der Waals surface area contributed by atoms with E-state index in [1.165, 1.54) is 5.56 Å². The Bertz CT molecular complexity index is 365. The fourth-order valence-corrected chi connectivity index (χ4v) is 2.34. The van der Waals surface area contributed by atoms with E-state index in [0.29, 0.717) is 19.8 Å². The molecule has 3 atom stereocenters. The van der Waals surface area contributed by atoms with E-state index in [1.54, 1.807) is 0 Å². The zero-order valence-electron chi connectivity index (χ0n) is 12.1. The first-order valence-corrected chi connectivity index (χ1v) is 7.41. The highest BCUT2D eigenvalue weighted by atomic mass is 16.5. The molecule has 2 rings (SSSR count). The lowest BCUT2D eigenvalue weighted by molar-refractivity contribution is -0.0168. The summed E-state index contributed by atoms with van der Waals surface area (Å²) in [5, 5.41) is 13.2. The molecule has 20 heavy (non-hydrogen) atoms. The average Bonchev–Trinajstić information content (AvgIpc) is 2.99. The topological polar surface area (TPSA) is 50.7 Å². The van der Waals surface area contributed by atoms with E-state index in [0.717, 1.165) is 19.4 Å². The van der Waals surface area contributed by atoms with Gasteiger partial charge in [-0.15, -0.1) is 0 Å². The number of hydrogen-bond acceptors (Lipinski definition) is 4. The standard InChI is InChI=1S/C16H25NO3/c1-13(14-6-3-2-4-7-14)17-10-15(18)11-19-12-16-8-5-9-20-16/h2-4,6-7,13,15-18H,5,8-12H2,1H3/t13-,15?,16?/m1/s1. The van der Waals surface area contributed by atoms with Crippen molar-refractivity contribution in [2.24, 2.45) is 0 Å². The van der Waals surface area contributed by atoms with Crippen molar-refractivity contribution in [3.05, 3.63) is 35.9 Å². The summed E-state index contributed by atoms with van der Waals surface area (Å²) in [7, 11) is 0. The van der Waals surface area contributed by atoms with Gasteiger partial charge >= 0.3 is 0 Å². The Morgan fingerprint density at radius 3 is 2.90 bits per heavy atom. The van der Waals surface area contributed by atoms with E-state index in [1.807, 2.05) is 18.2 Å². The minimum atomic E-state index is -0.484. The van der Waals surface area contributed by atoms with Gasteiger partial charge in [0, 0.05) is 19.2 Å². The predicted octanol–water partition coefficient (Wildman–Crippen LogP) is 1.89. The molecule has 4 nitrogen and oxygen atoms in total. The Balaban J connectivity index is 1.58. The summed E-state index contributed by atoms with van der Waals surface area (Å²) < 4.78 is 11.0. The number of hydrogen-bond donors (Lipinski definition) is 2. The van der Waals surface area contributed by atoms with Crippen molar-refractivity contribution in [2.75, 3.05) is 26.4 Å². The first-order chi connectivity index (χ1) is 9.75. The lowest BCUT2D eigenvalue weighted by Crippen LogP contribution is -2.33. The number of rotatable bonds is 8. The third-order valence-corrected chi connectivity index (χ3v) is 3.60. The lowest BCUT2D eigenvalue weighted by atomic mass is 10.1. The maximum Gasteiger partial charge on any atom is 0.0897 e. The lowest BCUT2D eigenvalue weighted by Gasteiger charge is -2.18. The zero-order valence-corrected chi connectivity index (χ0v) is 12.1. The van der Waals surface area contributed by atoms with Gasteiger partial charge in [0.05, 0.1) is 25.4 Å². The van der Waals surface area contributed by atoms with Gasteiger partial charge in [-0.2, -0.15) is 0 Å². The minimum absolute atomic E-state index is 0.221. The molecule has 1 aliphatic rings. The van der Waals surface area contributed by atoms with Crippen molar-refractivity contribution in [3.8, 4) is 0 Å². The second-order valence-electron chi connectivity index (χ2n) is 5.37. The summed E-state index contributed by atoms with van der Waals surface area (Å²) >= 11 is 0. The maximum absolute atomic E-state index is 9.89. The summed E-state index contributed by atoms with van der Waals surface area (Å²) in [5.41, 5.74) is 1.22. The summed E-state index contributed by atoms with van der Waals surface area (Å²) in [6.45, 7) is 4.41. The monoisotopic (exact) mass is 279 g/mol. The number of aliphatic hydroxyl groups is 1. The number of ether oxygens (including phenoxy) is 2. The number of benzene rings is 1. The highest BCUT2D eigenvalue weighted by molar-refractivity contribution is 5.17. The molecule has 0 saturated carbocycles. The third kappa shape index (κ3) is 5.21. The van der Waals surface area contributed by atoms with Crippen molar-refractivity contribution in [2.45, 2.75) is 38.0 Å². The highest BCUT2D eigenvalue weighted by Gasteiger charge is 2.16. The maximum atomic E-state index is 9.89. The number of aliphatic hydroxyl groups excluding tert-OH is 1. The minimum Gasteiger partial charge on any atom is -0.389 e. The van der Waals surface area contributed by atoms with Gasteiger partial charge in [-0.25, -0.2) is 0 Å². The number of nitrogens with one attached hydrogen (secondary N) is 1. The summed E-state index contributed by atoms with van der Waals surface area (Å²) in [4.78, 5) is 0. The van der Waals surface area contributed by atoms with Gasteiger partial charge in [0.15, 0.2) is 0 Å². The van der Waals surface area contributed by atoms with Crippen LogP contribution in [-0.2, 0) is 9.47 Å². The summed E-state index contributed by atoms with van der Waals surface area (Å²) in [6, 6.07) is 10.4. The van der Waals surface area contributed by atoms with Crippen molar-refractivity contribution in [3.63, 3.8) is 0 Å². The van der Waals surface area contributed by atoms with Gasteiger partial charge < -0.3 is 19.9 Å². The smallest absolute Gasteiger partial charge is 0.0897 e. The molecular formula is C16H25NO3. The molecule has 1 fully saturated rings. The van der Waals surface area contributed by atoms with Crippen molar-refractivity contribution in [1.29, 1.82) is 0 Å². The van der Waals surface area contributed by atoms with Crippen molar-refractivity contribution >= 4 is 0 Å². The van der Waals surface area contributed by atoms with E-state index in [9.17, 15) is 5.11 Å². The molecule has 2 unspecified atom stereocenters. The van der Waals surface area contributed by atoms with Gasteiger partial charge in [-0.05, 0) is 25.3 Å². The van der Waals surface area contributed by atoms with Crippen LogP contribution in [0.1, 0.15) is 31.4 Å². The van der Waals surface area contributed by atoms with Gasteiger partial charge in [-0.1, -0.05) is 30.3 Å². The summed E-state index contributed by atoms with van der Waals surface area (Å²) in [5.74, 6) is 0. The third-order valence-electron chi connectivity index (χ3n) is 3.60. The first kappa shape index (κ1) is 15.4. The molecule has 1 aromatic carbocycles. The molecule has 0 radical (unpaired) electrons. The van der Waals surface area contributed by atoms with E-state index in [2.05, 4.69) is 24.4 Å². The Morgan fingerprint density at radius 2 is 2.20 bits per heavy atom. The molecule has 0 aliphatic carbocycles. The Hall–Kier alpha value is -0.940. The normalized spacial score (nSPS) is 21.8. The molecule has 1 saturated heterocycles. The van der Waals surface area contributed by atoms with Crippen LogP contribution in [0.5, 0.6) is 0 Å². The Kier molecular flexibility index (Phi) is 6.47. The average molecular weight is 279 g/mol. The molecule has 2 N–H and O–H groups in total. The van der Waals surface area contributed by atoms with Crippen LogP contribution in [0.15, 0.2) is 30.3 Å². The van der Waals surface area contributed by atoms with Gasteiger partial charge in [0.25, 0.3) is 0 Å². The van der Waals surface area contributed by atoms with Gasteiger partial charge in [0.2, 0.25) is 0 Å². The molecule has 0 spiro atoms. The molecule has 0 amide bonds. The SMILES string of the molecule is C[C@@H](NCC(O)COCC1CCCO1)c1ccccc1. The van der Waals surface area contributed by atoms with Crippen LogP contribution < -0.4 is 5.32 Å². The van der Waals surface area contributed by atoms with Crippen LogP contribution in [0.2, 0.25) is 0 Å². The van der Waals surface area contributed by atoms with Crippen LogP contribution in [0.4, 0.5) is 0 Å². The van der Waals surface area contributed by atoms with E-state index < -0.39 is 6.10 Å². The highest BCUT2D eigenvalue weighted by Crippen LogP contribution is 2.12. The molecule has 0 bridgehead atoms. The molecule has 4 heteroatoms. The molecule has 1 aromatic rings. The summed E-state index contributed by atoms with van der Waals surface area (Å²) in [6.07, 6.45) is 1.92. The van der Waals surface area contributed by atoms with E-state index >= 15 is 0 Å². The van der Waals surface area contributed by atoms with Crippen LogP contribution >= 0.6 is 0 Å². The largest absolute Gasteiger partial charge is 0.389 e. The molecule has 1 aliphatic heterocycles. The molecule has 1 heterocycles. The molecular weight excluding hydrogens is 254 g/mol. The van der Waals surface area contributed by atoms with Crippen molar-refractivity contribution < 1.29 is 14.6 Å². The molecule has 112 valence electrons. The second kappa shape index (κ2) is 8.37. The van der Waals surface area contributed by atoms with Crippen LogP contribution in [0.25, 0.3) is 0 Å². The van der Waals surface area contributed by atoms with Crippen molar-refractivity contribution in [1.82, 2.24) is 5.32 Å². The van der Waals surface area contributed by atoms with Crippen LogP contribution in [0.3, 0.4) is 0 Å². The Labute approximate surface area is 121 Å². The quantitative estimate of drug-likeness (QED) is 0.763. The first-order valence-electron chi connectivity index (χ1n) is 7.41. The van der Waals surface area contributed by atoms with Crippen LogP contribution in [0, 0.1) is 0 Å². The second-order valence-corrected chi connectivity index (χ2v) is 5.37. The van der Waals surface area contributed by atoms with E-state index in [-0.39, 0.29) is 12.1 Å². The molecule has 0 aromatic heterocycles. The predicted molar refractivity (Wildman–Crippen MR) is 78.7 cm³/mol. The zero-order chi connectivity index (χ0) is 14.2. The van der Waals surface area contributed by atoms with Gasteiger partial charge in [-0.3, -0.25) is 0 Å². The fraction of sp³-hybridized carbons (Fsp3) is 0.625. The van der Waals surface area contributed by atoms with E-state index in [4.69, 9.17) is 9.47 Å². The van der Waals surface area contributed by atoms with Crippen LogP contribution in [-0.4, -0.2) is 43.7 Å². The fourth-order valence-electron chi connectivity index (χ4n) is 2.34. The Morgan fingerprint density at radius 1 is 1.40 bits per heavy atom.